The van der Waals surface area contributed by atoms with Crippen molar-refractivity contribution in [2.75, 3.05) is 6.54 Å². The molecule has 0 radical (unpaired) electrons. The highest BCUT2D eigenvalue weighted by molar-refractivity contribution is 14.1. The fraction of sp³-hybridized carbons (Fsp3) is 0.500. The molecule has 104 valence electrons. The second-order valence-electron chi connectivity index (χ2n) is 4.90. The van der Waals surface area contributed by atoms with Crippen LogP contribution in [0.25, 0.3) is 0 Å². The van der Waals surface area contributed by atoms with Crippen molar-refractivity contribution in [1.29, 1.82) is 0 Å². The van der Waals surface area contributed by atoms with E-state index in [0.29, 0.717) is 19.4 Å². The Kier molecular flexibility index (Phi) is 5.18. The van der Waals surface area contributed by atoms with E-state index in [9.17, 15) is 15.0 Å². The summed E-state index contributed by atoms with van der Waals surface area (Å²) in [7, 11) is 0. The fourth-order valence-electron chi connectivity index (χ4n) is 2.49. The van der Waals surface area contributed by atoms with Crippen LogP contribution in [0.15, 0.2) is 24.3 Å². The molecule has 0 bridgehead atoms. The van der Waals surface area contributed by atoms with Crippen LogP contribution in [0.3, 0.4) is 0 Å². The minimum absolute atomic E-state index is 0.434. The van der Waals surface area contributed by atoms with Crippen molar-refractivity contribution in [3.05, 3.63) is 33.4 Å². The predicted molar refractivity (Wildman–Crippen MR) is 80.9 cm³/mol. The predicted octanol–water partition coefficient (Wildman–Crippen LogP) is 2.09. The van der Waals surface area contributed by atoms with E-state index in [1.165, 1.54) is 0 Å². The van der Waals surface area contributed by atoms with Gasteiger partial charge in [0.15, 0.2) is 0 Å². The molecule has 0 aliphatic carbocycles. The Balaban J connectivity index is 2.11. The molecule has 5 heteroatoms. The molecule has 0 amide bonds. The van der Waals surface area contributed by atoms with Crippen molar-refractivity contribution in [3.63, 3.8) is 0 Å². The minimum Gasteiger partial charge on any atom is -0.480 e. The molecule has 1 heterocycles. The number of hydrogen-bond donors (Lipinski definition) is 2. The van der Waals surface area contributed by atoms with Crippen LogP contribution in [0.2, 0.25) is 0 Å². The lowest BCUT2D eigenvalue weighted by Gasteiger charge is -2.36. The van der Waals surface area contributed by atoms with Crippen LogP contribution in [0.5, 0.6) is 0 Å². The van der Waals surface area contributed by atoms with Crippen molar-refractivity contribution >= 4 is 28.6 Å². The van der Waals surface area contributed by atoms with Gasteiger partial charge in [0, 0.05) is 10.1 Å². The summed E-state index contributed by atoms with van der Waals surface area (Å²) in [4.78, 5) is 13.2. The summed E-state index contributed by atoms with van der Waals surface area (Å²) >= 11 is 2.22. The van der Waals surface area contributed by atoms with Gasteiger partial charge in [-0.05, 0) is 66.0 Å². The van der Waals surface area contributed by atoms with E-state index in [1.54, 1.807) is 4.90 Å². The highest BCUT2D eigenvalue weighted by atomic mass is 127. The number of aliphatic carboxylic acids is 1. The van der Waals surface area contributed by atoms with E-state index in [4.69, 9.17) is 0 Å². The number of aliphatic hydroxyl groups excluding tert-OH is 1. The lowest BCUT2D eigenvalue weighted by molar-refractivity contribution is -0.150. The molecule has 0 aromatic heterocycles. The van der Waals surface area contributed by atoms with Gasteiger partial charge < -0.3 is 10.2 Å². The monoisotopic (exact) mass is 375 g/mol. The van der Waals surface area contributed by atoms with Gasteiger partial charge in [-0.1, -0.05) is 12.1 Å². The molecule has 1 aromatic rings. The Hall–Kier alpha value is -0.660. The lowest BCUT2D eigenvalue weighted by atomic mass is 10.0. The summed E-state index contributed by atoms with van der Waals surface area (Å²) in [5, 5.41) is 19.4. The normalized spacial score (nSPS) is 22.1. The topological polar surface area (TPSA) is 60.8 Å². The van der Waals surface area contributed by atoms with Crippen LogP contribution in [0.1, 0.15) is 24.8 Å². The maximum absolute atomic E-state index is 11.5. The van der Waals surface area contributed by atoms with Crippen molar-refractivity contribution in [2.24, 2.45) is 0 Å². The van der Waals surface area contributed by atoms with E-state index in [0.717, 1.165) is 22.0 Å². The van der Waals surface area contributed by atoms with Crippen LogP contribution in [0, 0.1) is 3.57 Å². The molecule has 1 saturated heterocycles. The molecule has 1 aliphatic rings. The van der Waals surface area contributed by atoms with Crippen LogP contribution >= 0.6 is 22.6 Å². The first-order valence-corrected chi connectivity index (χ1v) is 7.57. The third-order valence-corrected chi connectivity index (χ3v) is 4.26. The molecule has 1 aliphatic heterocycles. The second-order valence-corrected chi connectivity index (χ2v) is 6.14. The summed E-state index contributed by atoms with van der Waals surface area (Å²) in [6, 6.07) is 7.21. The smallest absolute Gasteiger partial charge is 0.321 e. The van der Waals surface area contributed by atoms with Crippen molar-refractivity contribution in [3.8, 4) is 0 Å². The number of nitrogens with zero attached hydrogens (tertiary/aromatic N) is 1. The molecule has 2 unspecified atom stereocenters. The Morgan fingerprint density at radius 1 is 1.37 bits per heavy atom. The van der Waals surface area contributed by atoms with Crippen LogP contribution in [0.4, 0.5) is 0 Å². The van der Waals surface area contributed by atoms with E-state index in [1.807, 2.05) is 24.3 Å². The number of aliphatic hydroxyl groups is 1. The first kappa shape index (κ1) is 14.7. The first-order valence-electron chi connectivity index (χ1n) is 6.49. The average Bonchev–Trinajstić information content (AvgIpc) is 2.39. The highest BCUT2D eigenvalue weighted by Gasteiger charge is 2.32. The molecule has 2 N–H and O–H groups in total. The zero-order valence-corrected chi connectivity index (χ0v) is 12.8. The minimum atomic E-state index is -0.862. The molecule has 19 heavy (non-hydrogen) atoms. The number of piperidine rings is 1. The quantitative estimate of drug-likeness (QED) is 0.792. The van der Waals surface area contributed by atoms with E-state index >= 15 is 0 Å². The molecule has 2 atom stereocenters. The number of rotatable bonds is 4. The Morgan fingerprint density at radius 3 is 2.63 bits per heavy atom. The number of hydrogen-bond acceptors (Lipinski definition) is 3. The van der Waals surface area contributed by atoms with Gasteiger partial charge in [0.1, 0.15) is 12.3 Å². The largest absolute Gasteiger partial charge is 0.480 e. The maximum atomic E-state index is 11.5. The molecule has 4 nitrogen and oxygen atoms in total. The Bertz CT molecular complexity index is 435. The standard InChI is InChI=1S/C14H18INO3/c15-11-6-4-10(5-7-11)9-12(14(18)19)16-8-2-1-3-13(16)17/h4-7,12-13,17H,1-3,8-9H2,(H,18,19). The SMILES string of the molecule is O=C(O)C(Cc1ccc(I)cc1)N1CCCCC1O. The van der Waals surface area contributed by atoms with Crippen LogP contribution in [-0.2, 0) is 11.2 Å². The van der Waals surface area contributed by atoms with Crippen molar-refractivity contribution in [2.45, 2.75) is 38.0 Å². The molecular formula is C14H18INO3. The van der Waals surface area contributed by atoms with Crippen LogP contribution in [-0.4, -0.2) is 39.9 Å². The van der Waals surface area contributed by atoms with Gasteiger partial charge in [0.25, 0.3) is 0 Å². The van der Waals surface area contributed by atoms with Crippen LogP contribution < -0.4 is 0 Å². The summed E-state index contributed by atoms with van der Waals surface area (Å²) < 4.78 is 1.13. The zero-order chi connectivity index (χ0) is 13.8. The van der Waals surface area contributed by atoms with E-state index in [2.05, 4.69) is 22.6 Å². The third-order valence-electron chi connectivity index (χ3n) is 3.54. The summed E-state index contributed by atoms with van der Waals surface area (Å²) in [5.41, 5.74) is 0.991. The summed E-state index contributed by atoms with van der Waals surface area (Å²) in [6.07, 6.45) is 2.39. The number of carboxylic acid groups (broad SMARTS) is 1. The van der Waals surface area contributed by atoms with Crippen molar-refractivity contribution < 1.29 is 15.0 Å². The average molecular weight is 375 g/mol. The van der Waals surface area contributed by atoms with Gasteiger partial charge >= 0.3 is 5.97 Å². The van der Waals surface area contributed by atoms with Gasteiger partial charge in [-0.3, -0.25) is 9.69 Å². The third kappa shape index (κ3) is 3.90. The van der Waals surface area contributed by atoms with Crippen molar-refractivity contribution in [1.82, 2.24) is 4.90 Å². The van der Waals surface area contributed by atoms with Gasteiger partial charge in [0.05, 0.1) is 0 Å². The van der Waals surface area contributed by atoms with E-state index in [-0.39, 0.29) is 0 Å². The zero-order valence-electron chi connectivity index (χ0n) is 10.6. The maximum Gasteiger partial charge on any atom is 0.321 e. The Morgan fingerprint density at radius 2 is 2.05 bits per heavy atom. The second kappa shape index (κ2) is 6.67. The van der Waals surface area contributed by atoms with Gasteiger partial charge in [0.2, 0.25) is 0 Å². The van der Waals surface area contributed by atoms with Gasteiger partial charge in [-0.15, -0.1) is 0 Å². The summed E-state index contributed by atoms with van der Waals surface area (Å²) in [5.74, 6) is -0.862. The molecule has 1 aromatic carbocycles. The highest BCUT2D eigenvalue weighted by Crippen LogP contribution is 2.20. The Labute approximate surface area is 126 Å². The fourth-order valence-corrected chi connectivity index (χ4v) is 2.85. The van der Waals surface area contributed by atoms with E-state index < -0.39 is 18.2 Å². The number of halogens is 1. The number of likely N-dealkylation sites (tertiary alicyclic amines) is 1. The summed E-state index contributed by atoms with van der Waals surface area (Å²) in [6.45, 7) is 0.655. The first-order chi connectivity index (χ1) is 9.08. The number of benzene rings is 1. The van der Waals surface area contributed by atoms with Gasteiger partial charge in [-0.25, -0.2) is 0 Å². The number of carbonyl (C=O) groups is 1. The lowest BCUT2D eigenvalue weighted by Crippen LogP contribution is -2.50. The molecule has 2 rings (SSSR count). The molecule has 0 spiro atoms. The number of carboxylic acids is 1. The molecular weight excluding hydrogens is 357 g/mol. The molecule has 0 saturated carbocycles. The van der Waals surface area contributed by atoms with Gasteiger partial charge in [-0.2, -0.15) is 0 Å². The molecule has 1 fully saturated rings.